The standard InChI is InChI=1S/C15H19NO4/c1-11(15(18)19)16(13-7-8-13)14(17)10-20-9-12-5-3-2-4-6-12/h2-6,11,13H,7-10H2,1H3,(H,18,19). The maximum absolute atomic E-state index is 12.1. The summed E-state index contributed by atoms with van der Waals surface area (Å²) in [6.07, 6.45) is 1.75. The molecule has 5 nitrogen and oxygen atoms in total. The third-order valence-electron chi connectivity index (χ3n) is 3.34. The number of carbonyl (C=O) groups is 2. The highest BCUT2D eigenvalue weighted by atomic mass is 16.5. The largest absolute Gasteiger partial charge is 0.480 e. The van der Waals surface area contributed by atoms with Crippen LogP contribution in [0.5, 0.6) is 0 Å². The number of aliphatic carboxylic acids is 1. The number of carbonyl (C=O) groups excluding carboxylic acids is 1. The lowest BCUT2D eigenvalue weighted by Crippen LogP contribution is -2.46. The van der Waals surface area contributed by atoms with E-state index in [-0.39, 0.29) is 18.6 Å². The van der Waals surface area contributed by atoms with Gasteiger partial charge in [0.15, 0.2) is 0 Å². The molecule has 0 radical (unpaired) electrons. The van der Waals surface area contributed by atoms with Gasteiger partial charge in [0.1, 0.15) is 12.6 Å². The van der Waals surface area contributed by atoms with Crippen molar-refractivity contribution in [1.29, 1.82) is 0 Å². The van der Waals surface area contributed by atoms with E-state index in [0.717, 1.165) is 18.4 Å². The summed E-state index contributed by atoms with van der Waals surface area (Å²) >= 11 is 0. The Labute approximate surface area is 118 Å². The number of rotatable bonds is 7. The Morgan fingerprint density at radius 1 is 1.35 bits per heavy atom. The highest BCUT2D eigenvalue weighted by Gasteiger charge is 2.38. The van der Waals surface area contributed by atoms with Gasteiger partial charge in [-0.15, -0.1) is 0 Å². The molecule has 2 rings (SSSR count). The van der Waals surface area contributed by atoms with E-state index in [1.807, 2.05) is 30.3 Å². The fourth-order valence-corrected chi connectivity index (χ4v) is 2.11. The molecule has 0 heterocycles. The average Bonchev–Trinajstić information content (AvgIpc) is 3.24. The maximum Gasteiger partial charge on any atom is 0.326 e. The lowest BCUT2D eigenvalue weighted by atomic mass is 10.2. The van der Waals surface area contributed by atoms with Crippen LogP contribution in [-0.4, -0.2) is 40.6 Å². The van der Waals surface area contributed by atoms with Crippen LogP contribution in [0.25, 0.3) is 0 Å². The van der Waals surface area contributed by atoms with Crippen LogP contribution in [0.4, 0.5) is 0 Å². The van der Waals surface area contributed by atoms with Crippen LogP contribution in [0.3, 0.4) is 0 Å². The van der Waals surface area contributed by atoms with Gasteiger partial charge in [0.25, 0.3) is 0 Å². The molecule has 5 heteroatoms. The van der Waals surface area contributed by atoms with Crippen molar-refractivity contribution in [3.8, 4) is 0 Å². The number of benzene rings is 1. The average molecular weight is 277 g/mol. The molecule has 0 aliphatic heterocycles. The van der Waals surface area contributed by atoms with Crippen LogP contribution in [0.2, 0.25) is 0 Å². The molecule has 1 atom stereocenters. The van der Waals surface area contributed by atoms with Crippen LogP contribution in [0.1, 0.15) is 25.3 Å². The summed E-state index contributed by atoms with van der Waals surface area (Å²) in [6.45, 7) is 1.81. The number of hydrogen-bond acceptors (Lipinski definition) is 3. The summed E-state index contributed by atoms with van der Waals surface area (Å²) in [7, 11) is 0. The van der Waals surface area contributed by atoms with Gasteiger partial charge in [-0.1, -0.05) is 30.3 Å². The Balaban J connectivity index is 1.84. The molecule has 0 spiro atoms. The second kappa shape index (κ2) is 6.52. The minimum Gasteiger partial charge on any atom is -0.480 e. The Kier molecular flexibility index (Phi) is 4.74. The first-order valence-corrected chi connectivity index (χ1v) is 6.75. The van der Waals surface area contributed by atoms with Gasteiger partial charge >= 0.3 is 5.97 Å². The second-order valence-corrected chi connectivity index (χ2v) is 5.02. The maximum atomic E-state index is 12.1. The molecule has 0 saturated heterocycles. The van der Waals surface area contributed by atoms with E-state index in [9.17, 15) is 9.59 Å². The molecule has 108 valence electrons. The van der Waals surface area contributed by atoms with Crippen molar-refractivity contribution < 1.29 is 19.4 Å². The SMILES string of the molecule is CC(C(=O)O)N(C(=O)COCc1ccccc1)C1CC1. The third-order valence-corrected chi connectivity index (χ3v) is 3.34. The van der Waals surface area contributed by atoms with Crippen molar-refractivity contribution in [3.63, 3.8) is 0 Å². The van der Waals surface area contributed by atoms with Crippen molar-refractivity contribution in [1.82, 2.24) is 4.90 Å². The van der Waals surface area contributed by atoms with Gasteiger partial charge in [-0.2, -0.15) is 0 Å². The number of carboxylic acid groups (broad SMARTS) is 1. The van der Waals surface area contributed by atoms with Gasteiger partial charge < -0.3 is 14.7 Å². The fourth-order valence-electron chi connectivity index (χ4n) is 2.11. The van der Waals surface area contributed by atoms with Crippen LogP contribution in [0, 0.1) is 0 Å². The smallest absolute Gasteiger partial charge is 0.326 e. The molecule has 1 fully saturated rings. The fraction of sp³-hybridized carbons (Fsp3) is 0.467. The van der Waals surface area contributed by atoms with Crippen molar-refractivity contribution in [3.05, 3.63) is 35.9 Å². The molecular formula is C15H19NO4. The topological polar surface area (TPSA) is 66.8 Å². The van der Waals surface area contributed by atoms with Gasteiger partial charge in [0, 0.05) is 6.04 Å². The molecule has 1 unspecified atom stereocenters. The van der Waals surface area contributed by atoms with Crippen LogP contribution in [-0.2, 0) is 20.9 Å². The number of carboxylic acids is 1. The molecule has 1 aliphatic rings. The van der Waals surface area contributed by atoms with Gasteiger partial charge in [-0.25, -0.2) is 4.79 Å². The molecule has 1 aromatic carbocycles. The normalized spacial score (nSPS) is 15.7. The summed E-state index contributed by atoms with van der Waals surface area (Å²) in [4.78, 5) is 24.6. The third kappa shape index (κ3) is 3.81. The zero-order valence-electron chi connectivity index (χ0n) is 11.5. The van der Waals surface area contributed by atoms with Crippen LogP contribution >= 0.6 is 0 Å². The number of amides is 1. The van der Waals surface area contributed by atoms with E-state index >= 15 is 0 Å². The lowest BCUT2D eigenvalue weighted by Gasteiger charge is -2.26. The molecule has 1 aromatic rings. The second-order valence-electron chi connectivity index (χ2n) is 5.02. The quantitative estimate of drug-likeness (QED) is 0.823. The first kappa shape index (κ1) is 14.5. The first-order chi connectivity index (χ1) is 9.59. The minimum absolute atomic E-state index is 0.0638. The molecule has 1 N–H and O–H groups in total. The van der Waals surface area contributed by atoms with Gasteiger partial charge in [-0.05, 0) is 25.3 Å². The molecular weight excluding hydrogens is 258 g/mol. The Hall–Kier alpha value is -1.88. The lowest BCUT2D eigenvalue weighted by molar-refractivity contribution is -0.152. The minimum atomic E-state index is -0.978. The van der Waals surface area contributed by atoms with Crippen LogP contribution < -0.4 is 0 Å². The van der Waals surface area contributed by atoms with Crippen molar-refractivity contribution in [2.24, 2.45) is 0 Å². The predicted molar refractivity (Wildman–Crippen MR) is 73.1 cm³/mol. The zero-order valence-corrected chi connectivity index (χ0v) is 11.5. The van der Waals surface area contributed by atoms with Gasteiger partial charge in [0.2, 0.25) is 5.91 Å². The summed E-state index contributed by atoms with van der Waals surface area (Å²) < 4.78 is 5.39. The van der Waals surface area contributed by atoms with E-state index in [0.29, 0.717) is 6.61 Å². The molecule has 1 saturated carbocycles. The molecule has 1 amide bonds. The highest BCUT2D eigenvalue weighted by molar-refractivity contribution is 5.84. The van der Waals surface area contributed by atoms with E-state index in [1.54, 1.807) is 0 Å². The van der Waals surface area contributed by atoms with E-state index < -0.39 is 12.0 Å². The molecule has 0 bridgehead atoms. The van der Waals surface area contributed by atoms with E-state index in [4.69, 9.17) is 9.84 Å². The van der Waals surface area contributed by atoms with Crippen molar-refractivity contribution in [2.45, 2.75) is 38.5 Å². The summed E-state index contributed by atoms with van der Waals surface area (Å²) in [5.41, 5.74) is 0.990. The summed E-state index contributed by atoms with van der Waals surface area (Å²) in [5, 5.41) is 9.05. The number of ether oxygens (including phenoxy) is 1. The molecule has 20 heavy (non-hydrogen) atoms. The number of hydrogen-bond donors (Lipinski definition) is 1. The Morgan fingerprint density at radius 2 is 2.00 bits per heavy atom. The number of nitrogens with zero attached hydrogens (tertiary/aromatic N) is 1. The predicted octanol–water partition coefficient (Wildman–Crippen LogP) is 1.67. The van der Waals surface area contributed by atoms with Crippen molar-refractivity contribution in [2.75, 3.05) is 6.61 Å². The summed E-state index contributed by atoms with van der Waals surface area (Å²) in [6, 6.07) is 8.83. The monoisotopic (exact) mass is 277 g/mol. The van der Waals surface area contributed by atoms with Crippen LogP contribution in [0.15, 0.2) is 30.3 Å². The first-order valence-electron chi connectivity index (χ1n) is 6.75. The summed E-state index contributed by atoms with van der Waals surface area (Å²) in [5.74, 6) is -1.23. The van der Waals surface area contributed by atoms with Gasteiger partial charge in [0.05, 0.1) is 6.61 Å². The van der Waals surface area contributed by atoms with Crippen molar-refractivity contribution >= 4 is 11.9 Å². The highest BCUT2D eigenvalue weighted by Crippen LogP contribution is 2.28. The molecule has 0 aromatic heterocycles. The Bertz CT molecular complexity index is 470. The zero-order chi connectivity index (χ0) is 14.5. The molecule has 1 aliphatic carbocycles. The van der Waals surface area contributed by atoms with E-state index in [2.05, 4.69) is 0 Å². The van der Waals surface area contributed by atoms with Gasteiger partial charge in [-0.3, -0.25) is 4.79 Å². The van der Waals surface area contributed by atoms with E-state index in [1.165, 1.54) is 11.8 Å². The Morgan fingerprint density at radius 3 is 2.55 bits per heavy atom.